The number of para-hydroxylation sites is 1. The molecule has 0 saturated heterocycles. The van der Waals surface area contributed by atoms with E-state index in [2.05, 4.69) is 4.98 Å². The fourth-order valence-electron chi connectivity index (χ4n) is 1.53. The van der Waals surface area contributed by atoms with Crippen molar-refractivity contribution < 1.29 is 9.90 Å². The maximum absolute atomic E-state index is 11.9. The van der Waals surface area contributed by atoms with Crippen LogP contribution in [0.25, 0.3) is 10.9 Å². The van der Waals surface area contributed by atoms with Crippen molar-refractivity contribution in [2.24, 2.45) is 0 Å². The summed E-state index contributed by atoms with van der Waals surface area (Å²) < 4.78 is 1.23. The van der Waals surface area contributed by atoms with Gasteiger partial charge in [-0.3, -0.25) is 14.2 Å². The molecule has 82 valence electrons. The van der Waals surface area contributed by atoms with E-state index in [1.165, 1.54) is 23.9 Å². The van der Waals surface area contributed by atoms with Crippen molar-refractivity contribution in [3.8, 4) is 5.75 Å². The Morgan fingerprint density at radius 1 is 1.50 bits per heavy atom. The third-order valence-corrected chi connectivity index (χ3v) is 2.23. The van der Waals surface area contributed by atoms with Gasteiger partial charge in [-0.15, -0.1) is 0 Å². The molecule has 0 bridgehead atoms. The molecule has 0 saturated carbocycles. The number of carbonyl (C=O) groups excluding carboxylic acids is 1. The number of phenols is 1. The number of carbonyl (C=O) groups is 1. The smallest absolute Gasteiger partial charge is 0.261 e. The highest BCUT2D eigenvalue weighted by Crippen LogP contribution is 2.18. The summed E-state index contributed by atoms with van der Waals surface area (Å²) in [6.45, 7) is 1.40. The van der Waals surface area contributed by atoms with E-state index in [9.17, 15) is 14.7 Å². The van der Waals surface area contributed by atoms with Crippen LogP contribution in [-0.4, -0.2) is 20.4 Å². The number of ketones is 1. The number of Topliss-reactive ketones (excluding diaryl/α,β-unsaturated/α-hetero) is 1. The number of rotatable bonds is 2. The average Bonchev–Trinajstić information content (AvgIpc) is 2.23. The molecule has 0 spiro atoms. The van der Waals surface area contributed by atoms with Crippen LogP contribution >= 0.6 is 0 Å². The number of hydrogen-bond donors (Lipinski definition) is 1. The largest absolute Gasteiger partial charge is 0.506 e. The third-order valence-electron chi connectivity index (χ3n) is 2.23. The number of aromatic nitrogens is 2. The van der Waals surface area contributed by atoms with Crippen LogP contribution in [0.2, 0.25) is 0 Å². The molecule has 1 aromatic heterocycles. The number of nitrogens with zero attached hydrogens (tertiary/aromatic N) is 2. The van der Waals surface area contributed by atoms with Gasteiger partial charge in [0.05, 0.1) is 18.3 Å². The minimum absolute atomic E-state index is 0.00255. The van der Waals surface area contributed by atoms with E-state index >= 15 is 0 Å². The Morgan fingerprint density at radius 2 is 2.25 bits per heavy atom. The summed E-state index contributed by atoms with van der Waals surface area (Å²) in [6, 6.07) is 4.60. The molecule has 5 heteroatoms. The van der Waals surface area contributed by atoms with E-state index in [4.69, 9.17) is 0 Å². The lowest BCUT2D eigenvalue weighted by Crippen LogP contribution is -2.23. The standard InChI is InChI=1S/C11H10N2O3/c1-7(14)5-13-6-12-10-8(11(13)16)3-2-4-9(10)15/h2-4,6,15H,5H2,1H3. The van der Waals surface area contributed by atoms with Gasteiger partial charge in [0, 0.05) is 0 Å². The Hall–Kier alpha value is -2.17. The molecule has 0 atom stereocenters. The highest BCUT2D eigenvalue weighted by molar-refractivity contribution is 5.83. The van der Waals surface area contributed by atoms with Crippen LogP contribution < -0.4 is 5.56 Å². The Kier molecular flexibility index (Phi) is 2.44. The van der Waals surface area contributed by atoms with Gasteiger partial charge in [-0.1, -0.05) is 6.07 Å². The molecule has 0 amide bonds. The molecule has 1 heterocycles. The number of phenolic OH excluding ortho intramolecular Hbond substituents is 1. The molecule has 0 aliphatic carbocycles. The van der Waals surface area contributed by atoms with Gasteiger partial charge >= 0.3 is 0 Å². The lowest BCUT2D eigenvalue weighted by Gasteiger charge is -2.04. The zero-order valence-corrected chi connectivity index (χ0v) is 8.67. The minimum Gasteiger partial charge on any atom is -0.506 e. The molecule has 16 heavy (non-hydrogen) atoms. The summed E-state index contributed by atoms with van der Waals surface area (Å²) in [5.41, 5.74) is -0.0663. The van der Waals surface area contributed by atoms with Crippen LogP contribution in [0.3, 0.4) is 0 Å². The van der Waals surface area contributed by atoms with E-state index in [0.717, 1.165) is 0 Å². The van der Waals surface area contributed by atoms with Gasteiger partial charge in [0.1, 0.15) is 17.0 Å². The van der Waals surface area contributed by atoms with Crippen LogP contribution in [0.1, 0.15) is 6.92 Å². The topological polar surface area (TPSA) is 72.2 Å². The molecule has 0 unspecified atom stereocenters. The quantitative estimate of drug-likeness (QED) is 0.805. The van der Waals surface area contributed by atoms with Crippen LogP contribution in [0.5, 0.6) is 5.75 Å². The van der Waals surface area contributed by atoms with Gasteiger partial charge in [0.2, 0.25) is 0 Å². The van der Waals surface area contributed by atoms with Crippen molar-refractivity contribution in [3.05, 3.63) is 34.9 Å². The maximum Gasteiger partial charge on any atom is 0.261 e. The molecule has 1 aromatic carbocycles. The number of fused-ring (bicyclic) bond motifs is 1. The van der Waals surface area contributed by atoms with Crippen LogP contribution in [-0.2, 0) is 11.3 Å². The summed E-state index contributed by atoms with van der Waals surface area (Å²) >= 11 is 0. The number of aromatic hydroxyl groups is 1. The minimum atomic E-state index is -0.323. The molecule has 0 fully saturated rings. The zero-order chi connectivity index (χ0) is 11.7. The van der Waals surface area contributed by atoms with Crippen LogP contribution in [0.15, 0.2) is 29.3 Å². The summed E-state index contributed by atoms with van der Waals surface area (Å²) in [4.78, 5) is 26.8. The molecular weight excluding hydrogens is 208 g/mol. The highest BCUT2D eigenvalue weighted by Gasteiger charge is 2.07. The number of hydrogen-bond acceptors (Lipinski definition) is 4. The normalized spacial score (nSPS) is 10.6. The SMILES string of the molecule is CC(=O)Cn1cnc2c(O)cccc2c1=O. The van der Waals surface area contributed by atoms with Crippen molar-refractivity contribution in [2.45, 2.75) is 13.5 Å². The van der Waals surface area contributed by atoms with Gasteiger partial charge < -0.3 is 5.11 Å². The first-order chi connectivity index (χ1) is 7.59. The second kappa shape index (κ2) is 3.77. The predicted octanol–water partition coefficient (Wildman–Crippen LogP) is 0.691. The molecule has 5 nitrogen and oxygen atoms in total. The van der Waals surface area contributed by atoms with Gasteiger partial charge in [0.25, 0.3) is 5.56 Å². The van der Waals surface area contributed by atoms with Crippen LogP contribution in [0.4, 0.5) is 0 Å². The molecule has 0 aliphatic rings. The van der Waals surface area contributed by atoms with Crippen molar-refractivity contribution in [1.82, 2.24) is 9.55 Å². The molecule has 2 aromatic rings. The van der Waals surface area contributed by atoms with Gasteiger partial charge in [-0.05, 0) is 19.1 Å². The maximum atomic E-state index is 11.9. The molecule has 0 aliphatic heterocycles. The van der Waals surface area contributed by atoms with Crippen molar-refractivity contribution in [2.75, 3.05) is 0 Å². The third kappa shape index (κ3) is 1.67. The highest BCUT2D eigenvalue weighted by atomic mass is 16.3. The van der Waals surface area contributed by atoms with E-state index in [1.54, 1.807) is 12.1 Å². The van der Waals surface area contributed by atoms with E-state index < -0.39 is 0 Å². The lowest BCUT2D eigenvalue weighted by molar-refractivity contribution is -0.117. The first-order valence-electron chi connectivity index (χ1n) is 4.76. The Bertz CT molecular complexity index is 616. The molecule has 0 radical (unpaired) electrons. The first kappa shape index (κ1) is 10.4. The second-order valence-corrected chi connectivity index (χ2v) is 3.55. The predicted molar refractivity (Wildman–Crippen MR) is 58.3 cm³/mol. The van der Waals surface area contributed by atoms with E-state index in [-0.39, 0.29) is 29.2 Å². The Balaban J connectivity index is 2.71. The lowest BCUT2D eigenvalue weighted by atomic mass is 10.2. The summed E-state index contributed by atoms with van der Waals surface area (Å²) in [6.07, 6.45) is 1.27. The number of benzene rings is 1. The fraction of sp³-hybridized carbons (Fsp3) is 0.182. The van der Waals surface area contributed by atoms with Crippen LogP contribution in [0, 0.1) is 0 Å². The fourth-order valence-corrected chi connectivity index (χ4v) is 1.53. The van der Waals surface area contributed by atoms with Gasteiger partial charge in [-0.2, -0.15) is 0 Å². The molecule has 1 N–H and O–H groups in total. The summed E-state index contributed by atoms with van der Waals surface area (Å²) in [5.74, 6) is -0.159. The summed E-state index contributed by atoms with van der Waals surface area (Å²) in [7, 11) is 0. The van der Waals surface area contributed by atoms with E-state index in [1.807, 2.05) is 0 Å². The van der Waals surface area contributed by atoms with Gasteiger partial charge in [0.15, 0.2) is 0 Å². The second-order valence-electron chi connectivity index (χ2n) is 3.55. The Labute approximate surface area is 91.0 Å². The van der Waals surface area contributed by atoms with Crippen molar-refractivity contribution in [3.63, 3.8) is 0 Å². The molecule has 2 rings (SSSR count). The van der Waals surface area contributed by atoms with Crippen molar-refractivity contribution in [1.29, 1.82) is 0 Å². The Morgan fingerprint density at radius 3 is 2.94 bits per heavy atom. The first-order valence-corrected chi connectivity index (χ1v) is 4.76. The van der Waals surface area contributed by atoms with E-state index in [0.29, 0.717) is 5.39 Å². The molecular formula is C11H10N2O3. The summed E-state index contributed by atoms with van der Waals surface area (Å²) in [5, 5.41) is 9.80. The monoisotopic (exact) mass is 218 g/mol. The average molecular weight is 218 g/mol. The van der Waals surface area contributed by atoms with Gasteiger partial charge in [-0.25, -0.2) is 4.98 Å². The van der Waals surface area contributed by atoms with Crippen molar-refractivity contribution >= 4 is 16.7 Å². The zero-order valence-electron chi connectivity index (χ0n) is 8.67.